The number of amides is 1. The normalized spacial score (nSPS) is 15.3. The highest BCUT2D eigenvalue weighted by atomic mass is 16.3. The molecule has 1 aliphatic rings. The van der Waals surface area contributed by atoms with Gasteiger partial charge in [-0.2, -0.15) is 10.4 Å². The molecule has 0 fully saturated rings. The number of phenols is 1. The first-order valence-corrected chi connectivity index (χ1v) is 9.11. The summed E-state index contributed by atoms with van der Waals surface area (Å²) in [6.45, 7) is 3.73. The third-order valence-corrected chi connectivity index (χ3v) is 4.99. The Labute approximate surface area is 167 Å². The molecule has 7 nitrogen and oxygen atoms in total. The van der Waals surface area contributed by atoms with Gasteiger partial charge in [0.1, 0.15) is 29.2 Å². The van der Waals surface area contributed by atoms with Gasteiger partial charge < -0.3 is 15.7 Å². The molecule has 0 saturated carbocycles. The Balaban J connectivity index is 1.82. The number of nitriles is 1. The molecule has 1 amide bonds. The second kappa shape index (κ2) is 7.17. The molecule has 0 saturated heterocycles. The van der Waals surface area contributed by atoms with Crippen molar-refractivity contribution in [1.29, 1.82) is 5.26 Å². The van der Waals surface area contributed by atoms with Gasteiger partial charge in [0.15, 0.2) is 0 Å². The van der Waals surface area contributed by atoms with Crippen molar-refractivity contribution in [2.75, 3.05) is 10.6 Å². The Morgan fingerprint density at radius 1 is 1.21 bits per heavy atom. The van der Waals surface area contributed by atoms with E-state index in [-0.39, 0.29) is 11.7 Å². The van der Waals surface area contributed by atoms with Crippen molar-refractivity contribution in [2.45, 2.75) is 19.9 Å². The Morgan fingerprint density at radius 2 is 1.93 bits per heavy atom. The minimum atomic E-state index is -0.544. The number of nitrogens with zero attached hydrogens (tertiary/aromatic N) is 3. The van der Waals surface area contributed by atoms with E-state index in [0.717, 1.165) is 16.8 Å². The number of aryl methyl sites for hydroxylation is 1. The fraction of sp³-hybridized carbons (Fsp3) is 0.136. The minimum absolute atomic E-state index is 0.132. The summed E-state index contributed by atoms with van der Waals surface area (Å²) in [6, 6.07) is 15.8. The monoisotopic (exact) mass is 385 g/mol. The quantitative estimate of drug-likeness (QED) is 0.638. The Morgan fingerprint density at radius 3 is 2.62 bits per heavy atom. The maximum atomic E-state index is 13.3. The van der Waals surface area contributed by atoms with Gasteiger partial charge in [0, 0.05) is 11.4 Å². The molecule has 2 aromatic carbocycles. The Bertz CT molecular complexity index is 1170. The molecule has 0 bridgehead atoms. The average Bonchev–Trinajstić information content (AvgIpc) is 3.11. The molecule has 4 rings (SSSR count). The summed E-state index contributed by atoms with van der Waals surface area (Å²) in [5.74, 6) is 0.408. The number of hydrogen-bond acceptors (Lipinski definition) is 5. The Hall–Kier alpha value is -4.05. The largest absolute Gasteiger partial charge is 0.508 e. The molecular formula is C22H19N5O2. The van der Waals surface area contributed by atoms with Crippen LogP contribution in [-0.4, -0.2) is 20.8 Å². The van der Waals surface area contributed by atoms with Gasteiger partial charge in [0.05, 0.1) is 11.8 Å². The lowest BCUT2D eigenvalue weighted by Crippen LogP contribution is -2.31. The lowest BCUT2D eigenvalue weighted by Gasteiger charge is -2.30. The second-order valence-corrected chi connectivity index (χ2v) is 6.89. The summed E-state index contributed by atoms with van der Waals surface area (Å²) < 4.78 is 1.63. The zero-order chi connectivity index (χ0) is 20.5. The number of carbonyl (C=O) groups is 1. The SMILES string of the molecule is CC1=C(C(=O)Nc2ccccc2C)C(c2ccc(O)cc2)n2ncc(C#N)c2N1. The molecule has 29 heavy (non-hydrogen) atoms. The summed E-state index contributed by atoms with van der Waals surface area (Å²) in [5, 5.41) is 29.6. The van der Waals surface area contributed by atoms with Crippen LogP contribution in [0.15, 0.2) is 66.0 Å². The van der Waals surface area contributed by atoms with Crippen LogP contribution in [0.3, 0.4) is 0 Å². The molecule has 2 heterocycles. The standard InChI is InChI=1S/C22H19N5O2/c1-13-5-3-4-6-18(13)26-22(29)19-14(2)25-21-16(11-23)12-24-27(21)20(19)15-7-9-17(28)10-8-15/h3-10,12,20,25,28H,1-2H3,(H,26,29). The summed E-state index contributed by atoms with van der Waals surface area (Å²) in [5.41, 5.74) is 3.97. The lowest BCUT2D eigenvalue weighted by molar-refractivity contribution is -0.113. The predicted octanol–water partition coefficient (Wildman–Crippen LogP) is 3.70. The van der Waals surface area contributed by atoms with Crippen molar-refractivity contribution in [1.82, 2.24) is 9.78 Å². The number of carbonyl (C=O) groups excluding carboxylic acids is 1. The van der Waals surface area contributed by atoms with Crippen molar-refractivity contribution in [3.05, 3.63) is 82.7 Å². The van der Waals surface area contributed by atoms with Crippen LogP contribution in [0, 0.1) is 18.3 Å². The summed E-state index contributed by atoms with van der Waals surface area (Å²) in [7, 11) is 0. The van der Waals surface area contributed by atoms with Crippen LogP contribution in [0.4, 0.5) is 11.5 Å². The fourth-order valence-corrected chi connectivity index (χ4v) is 3.50. The summed E-state index contributed by atoms with van der Waals surface area (Å²) in [6.07, 6.45) is 1.48. The van der Waals surface area contributed by atoms with E-state index < -0.39 is 6.04 Å². The molecule has 1 unspecified atom stereocenters. The first-order valence-electron chi connectivity index (χ1n) is 9.11. The van der Waals surface area contributed by atoms with Crippen molar-refractivity contribution in [2.24, 2.45) is 0 Å². The van der Waals surface area contributed by atoms with E-state index in [2.05, 4.69) is 21.8 Å². The zero-order valence-electron chi connectivity index (χ0n) is 16.0. The summed E-state index contributed by atoms with van der Waals surface area (Å²) >= 11 is 0. The van der Waals surface area contributed by atoms with Gasteiger partial charge in [-0.1, -0.05) is 30.3 Å². The number of benzene rings is 2. The van der Waals surface area contributed by atoms with Gasteiger partial charge in [0.25, 0.3) is 5.91 Å². The third kappa shape index (κ3) is 3.21. The summed E-state index contributed by atoms with van der Waals surface area (Å²) in [4.78, 5) is 13.3. The van der Waals surface area contributed by atoms with Crippen LogP contribution in [0.1, 0.15) is 29.7 Å². The number of aromatic hydroxyl groups is 1. The molecular weight excluding hydrogens is 366 g/mol. The highest BCUT2D eigenvalue weighted by Gasteiger charge is 2.34. The topological polar surface area (TPSA) is 103 Å². The van der Waals surface area contributed by atoms with Crippen LogP contribution < -0.4 is 10.6 Å². The average molecular weight is 385 g/mol. The van der Waals surface area contributed by atoms with Crippen molar-refractivity contribution < 1.29 is 9.90 Å². The zero-order valence-corrected chi connectivity index (χ0v) is 16.0. The molecule has 1 atom stereocenters. The maximum Gasteiger partial charge on any atom is 0.255 e. The number of anilines is 2. The highest BCUT2D eigenvalue weighted by Crippen LogP contribution is 2.38. The highest BCUT2D eigenvalue weighted by molar-refractivity contribution is 6.06. The number of rotatable bonds is 3. The molecule has 3 aromatic rings. The van der Waals surface area contributed by atoms with E-state index in [1.165, 1.54) is 6.20 Å². The number of aromatic nitrogens is 2. The Kier molecular flexibility index (Phi) is 4.53. The molecule has 0 radical (unpaired) electrons. The number of para-hydroxylation sites is 1. The van der Waals surface area contributed by atoms with Crippen molar-refractivity contribution in [3.63, 3.8) is 0 Å². The van der Waals surface area contributed by atoms with E-state index in [1.807, 2.05) is 31.2 Å². The van der Waals surface area contributed by atoms with Gasteiger partial charge in [-0.25, -0.2) is 4.68 Å². The number of phenolic OH excluding ortho intramolecular Hbond substituents is 1. The van der Waals surface area contributed by atoms with Gasteiger partial charge in [-0.15, -0.1) is 0 Å². The van der Waals surface area contributed by atoms with E-state index in [9.17, 15) is 15.2 Å². The smallest absolute Gasteiger partial charge is 0.255 e. The first kappa shape index (κ1) is 18.3. The van der Waals surface area contributed by atoms with E-state index >= 15 is 0 Å². The number of nitrogens with one attached hydrogen (secondary N) is 2. The molecule has 7 heteroatoms. The lowest BCUT2D eigenvalue weighted by atomic mass is 9.94. The van der Waals surface area contributed by atoms with Crippen molar-refractivity contribution >= 4 is 17.4 Å². The van der Waals surface area contributed by atoms with Crippen LogP contribution in [-0.2, 0) is 4.79 Å². The second-order valence-electron chi connectivity index (χ2n) is 6.89. The molecule has 144 valence electrons. The van der Waals surface area contributed by atoms with E-state index in [1.54, 1.807) is 35.9 Å². The van der Waals surface area contributed by atoms with Crippen LogP contribution in [0.5, 0.6) is 5.75 Å². The van der Waals surface area contributed by atoms with Crippen LogP contribution in [0.25, 0.3) is 0 Å². The first-order chi connectivity index (χ1) is 14.0. The maximum absolute atomic E-state index is 13.3. The molecule has 1 aliphatic heterocycles. The predicted molar refractivity (Wildman–Crippen MR) is 109 cm³/mol. The van der Waals surface area contributed by atoms with Gasteiger partial charge >= 0.3 is 0 Å². The van der Waals surface area contributed by atoms with Crippen LogP contribution in [0.2, 0.25) is 0 Å². The molecule has 1 aromatic heterocycles. The minimum Gasteiger partial charge on any atom is -0.508 e. The van der Waals surface area contributed by atoms with Crippen molar-refractivity contribution in [3.8, 4) is 11.8 Å². The number of fused-ring (bicyclic) bond motifs is 1. The molecule has 0 aliphatic carbocycles. The number of allylic oxidation sites excluding steroid dienone is 1. The van der Waals surface area contributed by atoms with Gasteiger partial charge in [-0.3, -0.25) is 4.79 Å². The van der Waals surface area contributed by atoms with E-state index in [4.69, 9.17) is 0 Å². The fourth-order valence-electron chi connectivity index (χ4n) is 3.50. The number of hydrogen-bond donors (Lipinski definition) is 3. The van der Waals surface area contributed by atoms with Crippen LogP contribution >= 0.6 is 0 Å². The van der Waals surface area contributed by atoms with Gasteiger partial charge in [-0.05, 0) is 43.2 Å². The molecule has 3 N–H and O–H groups in total. The third-order valence-electron chi connectivity index (χ3n) is 4.99. The van der Waals surface area contributed by atoms with Gasteiger partial charge in [0.2, 0.25) is 0 Å². The van der Waals surface area contributed by atoms with E-state index in [0.29, 0.717) is 22.7 Å². The molecule has 0 spiro atoms.